The number of aromatic amines is 1. The van der Waals surface area contributed by atoms with Gasteiger partial charge in [-0.1, -0.05) is 22.0 Å². The summed E-state index contributed by atoms with van der Waals surface area (Å²) in [6, 6.07) is 16.5. The van der Waals surface area contributed by atoms with Crippen LogP contribution in [0.25, 0.3) is 0 Å². The van der Waals surface area contributed by atoms with Gasteiger partial charge in [-0.05, 0) is 74.1 Å². The van der Waals surface area contributed by atoms with Crippen molar-refractivity contribution in [1.29, 1.82) is 0 Å². The van der Waals surface area contributed by atoms with Gasteiger partial charge in [-0.3, -0.25) is 4.98 Å². The van der Waals surface area contributed by atoms with Crippen LogP contribution in [0.15, 0.2) is 59.2 Å². The summed E-state index contributed by atoms with van der Waals surface area (Å²) in [7, 11) is 0. The van der Waals surface area contributed by atoms with Crippen molar-refractivity contribution < 1.29 is 0 Å². The predicted molar refractivity (Wildman–Crippen MR) is 112 cm³/mol. The highest BCUT2D eigenvalue weighted by atomic mass is 79.9. The van der Waals surface area contributed by atoms with Crippen molar-refractivity contribution in [1.82, 2.24) is 15.3 Å². The molecule has 0 bridgehead atoms. The number of aryl methyl sites for hydroxylation is 2. The lowest BCUT2D eigenvalue weighted by Crippen LogP contribution is -2.29. The molecule has 1 aliphatic heterocycles. The summed E-state index contributed by atoms with van der Waals surface area (Å²) >= 11 is 9.30. The molecule has 26 heavy (non-hydrogen) atoms. The molecule has 2 aromatic heterocycles. The highest BCUT2D eigenvalue weighted by molar-refractivity contribution is 9.10. The molecular formula is C20H19BrN4S. The van der Waals surface area contributed by atoms with Crippen LogP contribution in [0, 0.1) is 13.8 Å². The molecule has 1 aromatic carbocycles. The zero-order valence-corrected chi connectivity index (χ0v) is 16.9. The largest absolute Gasteiger partial charge is 0.361 e. The van der Waals surface area contributed by atoms with Crippen molar-refractivity contribution in [3.63, 3.8) is 0 Å². The monoisotopic (exact) mass is 426 g/mol. The third kappa shape index (κ3) is 3.04. The lowest BCUT2D eigenvalue weighted by molar-refractivity contribution is 0.558. The van der Waals surface area contributed by atoms with Crippen LogP contribution in [0.3, 0.4) is 0 Å². The Balaban J connectivity index is 1.83. The molecule has 0 unspecified atom stereocenters. The van der Waals surface area contributed by atoms with Crippen molar-refractivity contribution in [2.75, 3.05) is 4.90 Å². The average molecular weight is 427 g/mol. The molecule has 0 saturated carbocycles. The molecule has 0 radical (unpaired) electrons. The van der Waals surface area contributed by atoms with Gasteiger partial charge in [0.05, 0.1) is 11.7 Å². The van der Waals surface area contributed by atoms with E-state index in [1.807, 2.05) is 24.4 Å². The summed E-state index contributed by atoms with van der Waals surface area (Å²) in [5.41, 5.74) is 5.46. The van der Waals surface area contributed by atoms with Gasteiger partial charge in [0.2, 0.25) is 0 Å². The van der Waals surface area contributed by atoms with Crippen molar-refractivity contribution in [3.05, 3.63) is 81.8 Å². The lowest BCUT2D eigenvalue weighted by atomic mass is 10.0. The van der Waals surface area contributed by atoms with Crippen LogP contribution < -0.4 is 10.2 Å². The standard InChI is InChI=1S/C20H19BrN4S/c1-12-11-14(7-8-15(12)21)25-19(17-9-6-13(2)23-17)18(24-20(25)26)16-5-3-4-10-22-16/h3-11,18-19,23H,1-2H3,(H,24,26)/t18-,19+/m0/s1. The first kappa shape index (κ1) is 17.2. The Morgan fingerprint density at radius 1 is 1.12 bits per heavy atom. The molecule has 2 N–H and O–H groups in total. The number of rotatable bonds is 3. The van der Waals surface area contributed by atoms with Gasteiger partial charge in [0.25, 0.3) is 0 Å². The van der Waals surface area contributed by atoms with E-state index in [1.54, 1.807) is 0 Å². The van der Waals surface area contributed by atoms with Crippen molar-refractivity contribution in [2.45, 2.75) is 25.9 Å². The Kier molecular flexibility index (Phi) is 4.54. The molecular weight excluding hydrogens is 408 g/mol. The molecule has 2 atom stereocenters. The number of aromatic nitrogens is 2. The third-order valence-electron chi connectivity index (χ3n) is 4.69. The fourth-order valence-electron chi connectivity index (χ4n) is 3.43. The highest BCUT2D eigenvalue weighted by Gasteiger charge is 2.41. The molecule has 4 rings (SSSR count). The normalized spacial score (nSPS) is 19.7. The summed E-state index contributed by atoms with van der Waals surface area (Å²) in [6.45, 7) is 4.15. The van der Waals surface area contributed by atoms with Crippen LogP contribution in [-0.2, 0) is 0 Å². The first-order chi connectivity index (χ1) is 12.5. The van der Waals surface area contributed by atoms with E-state index in [0.717, 1.165) is 27.2 Å². The molecule has 132 valence electrons. The van der Waals surface area contributed by atoms with E-state index >= 15 is 0 Å². The molecule has 0 aliphatic carbocycles. The Bertz CT molecular complexity index is 953. The van der Waals surface area contributed by atoms with Crippen LogP contribution in [0.4, 0.5) is 5.69 Å². The number of H-pyrrole nitrogens is 1. The number of hydrogen-bond acceptors (Lipinski definition) is 2. The maximum atomic E-state index is 5.72. The average Bonchev–Trinajstić information content (AvgIpc) is 3.21. The highest BCUT2D eigenvalue weighted by Crippen LogP contribution is 2.41. The van der Waals surface area contributed by atoms with Gasteiger partial charge in [-0.25, -0.2) is 0 Å². The van der Waals surface area contributed by atoms with E-state index < -0.39 is 0 Å². The molecule has 4 nitrogen and oxygen atoms in total. The van der Waals surface area contributed by atoms with Gasteiger partial charge in [0.1, 0.15) is 6.04 Å². The van der Waals surface area contributed by atoms with Gasteiger partial charge in [-0.15, -0.1) is 0 Å². The zero-order valence-electron chi connectivity index (χ0n) is 14.5. The molecule has 3 heterocycles. The van der Waals surface area contributed by atoms with E-state index in [4.69, 9.17) is 12.2 Å². The first-order valence-electron chi connectivity index (χ1n) is 8.47. The van der Waals surface area contributed by atoms with Crippen molar-refractivity contribution >= 4 is 38.9 Å². The third-order valence-corrected chi connectivity index (χ3v) is 5.90. The van der Waals surface area contributed by atoms with Gasteiger partial charge in [0.15, 0.2) is 5.11 Å². The maximum absolute atomic E-state index is 5.72. The van der Waals surface area contributed by atoms with Gasteiger partial charge < -0.3 is 15.2 Å². The van der Waals surface area contributed by atoms with Crippen LogP contribution >= 0.6 is 28.1 Å². The van der Waals surface area contributed by atoms with E-state index in [2.05, 4.69) is 80.3 Å². The molecule has 1 aliphatic rings. The Morgan fingerprint density at radius 3 is 2.62 bits per heavy atom. The van der Waals surface area contributed by atoms with Crippen molar-refractivity contribution in [2.24, 2.45) is 0 Å². The summed E-state index contributed by atoms with van der Waals surface area (Å²) in [6.07, 6.45) is 1.82. The van der Waals surface area contributed by atoms with E-state index in [0.29, 0.717) is 5.11 Å². The van der Waals surface area contributed by atoms with Crippen LogP contribution in [0.1, 0.15) is 34.7 Å². The predicted octanol–water partition coefficient (Wildman–Crippen LogP) is 4.97. The SMILES string of the molecule is Cc1ccc([C@@H]2[C@H](c3ccccn3)NC(=S)N2c2ccc(Br)c(C)c2)[nH]1. The number of halogens is 1. The minimum atomic E-state index is -0.0225. The second-order valence-corrected chi connectivity index (χ2v) is 7.77. The van der Waals surface area contributed by atoms with Crippen LogP contribution in [0.5, 0.6) is 0 Å². The number of hydrogen-bond donors (Lipinski definition) is 2. The van der Waals surface area contributed by atoms with Crippen molar-refractivity contribution in [3.8, 4) is 0 Å². The lowest BCUT2D eigenvalue weighted by Gasteiger charge is -2.27. The number of pyridine rings is 1. The first-order valence-corrected chi connectivity index (χ1v) is 9.67. The molecule has 0 spiro atoms. The zero-order chi connectivity index (χ0) is 18.3. The summed E-state index contributed by atoms with van der Waals surface area (Å²) in [4.78, 5) is 10.2. The minimum absolute atomic E-state index is 0.00618. The second kappa shape index (κ2) is 6.85. The van der Waals surface area contributed by atoms with E-state index in [9.17, 15) is 0 Å². The van der Waals surface area contributed by atoms with Crippen LogP contribution in [-0.4, -0.2) is 15.1 Å². The Hall–Kier alpha value is -2.18. The number of nitrogens with one attached hydrogen (secondary N) is 2. The summed E-state index contributed by atoms with van der Waals surface area (Å²) < 4.78 is 1.09. The summed E-state index contributed by atoms with van der Waals surface area (Å²) in [5, 5.41) is 4.18. The Labute approximate surface area is 166 Å². The number of thiocarbonyl (C=S) groups is 1. The quantitative estimate of drug-likeness (QED) is 0.580. The molecule has 0 amide bonds. The smallest absolute Gasteiger partial charge is 0.174 e. The molecule has 3 aromatic rings. The number of benzene rings is 1. The topological polar surface area (TPSA) is 44.0 Å². The molecule has 6 heteroatoms. The Morgan fingerprint density at radius 2 is 1.96 bits per heavy atom. The fraction of sp³-hybridized carbons (Fsp3) is 0.200. The van der Waals surface area contributed by atoms with Gasteiger partial charge >= 0.3 is 0 Å². The number of anilines is 1. The molecule has 1 fully saturated rings. The van der Waals surface area contributed by atoms with Gasteiger partial charge in [0, 0.05) is 27.7 Å². The van der Waals surface area contributed by atoms with Gasteiger partial charge in [-0.2, -0.15) is 0 Å². The maximum Gasteiger partial charge on any atom is 0.174 e. The number of nitrogens with zero attached hydrogens (tertiary/aromatic N) is 2. The minimum Gasteiger partial charge on any atom is -0.361 e. The summed E-state index contributed by atoms with van der Waals surface area (Å²) in [5.74, 6) is 0. The second-order valence-electron chi connectivity index (χ2n) is 6.53. The molecule has 1 saturated heterocycles. The van der Waals surface area contributed by atoms with Crippen LogP contribution in [0.2, 0.25) is 0 Å². The van der Waals surface area contributed by atoms with E-state index in [-0.39, 0.29) is 12.1 Å². The fourth-order valence-corrected chi connectivity index (χ4v) is 4.02. The van der Waals surface area contributed by atoms with E-state index in [1.165, 1.54) is 5.56 Å².